The van der Waals surface area contributed by atoms with E-state index >= 15 is 0 Å². The smallest absolute Gasteiger partial charge is 0.344 e. The first-order valence-corrected chi connectivity index (χ1v) is 6.11. The molecule has 1 aromatic rings. The largest absolute Gasteiger partial charge is 0.349 e. The minimum Gasteiger partial charge on any atom is -0.349 e. The highest BCUT2D eigenvalue weighted by atomic mass is 32.2. The highest BCUT2D eigenvalue weighted by Gasteiger charge is 2.26. The van der Waals surface area contributed by atoms with E-state index in [1.54, 1.807) is 0 Å². The van der Waals surface area contributed by atoms with Crippen molar-refractivity contribution in [2.45, 2.75) is 5.16 Å². The van der Waals surface area contributed by atoms with Gasteiger partial charge in [-0.25, -0.2) is 22.4 Å². The molecule has 16 heavy (non-hydrogen) atoms. The van der Waals surface area contributed by atoms with Crippen LogP contribution in [0.25, 0.3) is 0 Å². The minimum atomic E-state index is -4.25. The Balaban J connectivity index is 2.96. The predicted octanol–water partition coefficient (Wildman–Crippen LogP) is -1.88. The van der Waals surface area contributed by atoms with E-state index < -0.39 is 32.5 Å². The Morgan fingerprint density at radius 2 is 2.31 bits per heavy atom. The molecule has 2 amide bonds. The summed E-state index contributed by atoms with van der Waals surface area (Å²) in [5, 5.41) is -0.524. The van der Waals surface area contributed by atoms with Crippen LogP contribution in [0.1, 0.15) is 0 Å². The average Bonchev–Trinajstić information content (AvgIpc) is 2.66. The zero-order chi connectivity index (χ0) is 12.3. The molecule has 1 unspecified atom stereocenters. The molecule has 0 saturated carbocycles. The van der Waals surface area contributed by atoms with Crippen molar-refractivity contribution < 1.29 is 22.0 Å². The lowest BCUT2D eigenvalue weighted by molar-refractivity contribution is 0.227. The number of aromatic nitrogens is 2. The summed E-state index contributed by atoms with van der Waals surface area (Å²) in [7, 11) is -4.25. The molecule has 0 aromatic carbocycles. The SMILES string of the molecule is NC(=O)N(NS(=O)(=O)c1ncc[nH]1)S(=O)O. The molecule has 0 radical (unpaired) electrons. The summed E-state index contributed by atoms with van der Waals surface area (Å²) in [6.45, 7) is 0. The quantitative estimate of drug-likeness (QED) is 0.370. The van der Waals surface area contributed by atoms with E-state index in [9.17, 15) is 17.4 Å². The van der Waals surface area contributed by atoms with Crippen LogP contribution >= 0.6 is 0 Å². The summed E-state index contributed by atoms with van der Waals surface area (Å²) in [5.74, 6) is 0. The van der Waals surface area contributed by atoms with Gasteiger partial charge in [0.15, 0.2) is 0 Å². The highest BCUT2D eigenvalue weighted by Crippen LogP contribution is 2.01. The van der Waals surface area contributed by atoms with E-state index in [4.69, 9.17) is 4.55 Å². The van der Waals surface area contributed by atoms with Crippen molar-refractivity contribution in [2.24, 2.45) is 5.73 Å². The van der Waals surface area contributed by atoms with Crippen LogP contribution in [0, 0.1) is 0 Å². The number of nitrogens with one attached hydrogen (secondary N) is 2. The zero-order valence-corrected chi connectivity index (χ0v) is 9.16. The number of rotatable bonds is 4. The number of urea groups is 1. The van der Waals surface area contributed by atoms with Crippen molar-refractivity contribution in [3.05, 3.63) is 12.4 Å². The van der Waals surface area contributed by atoms with Crippen LogP contribution < -0.4 is 10.6 Å². The van der Waals surface area contributed by atoms with Crippen LogP contribution in [-0.4, -0.2) is 37.6 Å². The molecular formula is C4H7N5O5S2. The Bertz CT molecular complexity index is 481. The molecule has 0 saturated heterocycles. The molecule has 1 aromatic heterocycles. The van der Waals surface area contributed by atoms with Gasteiger partial charge in [-0.3, -0.25) is 4.55 Å². The predicted molar refractivity (Wildman–Crippen MR) is 51.1 cm³/mol. The number of hydrogen-bond acceptors (Lipinski definition) is 5. The van der Waals surface area contributed by atoms with Crippen LogP contribution in [0.3, 0.4) is 0 Å². The summed E-state index contributed by atoms with van der Waals surface area (Å²) in [5.41, 5.74) is 4.67. The normalized spacial score (nSPS) is 13.3. The van der Waals surface area contributed by atoms with Crippen molar-refractivity contribution in [3.8, 4) is 0 Å². The molecule has 0 aliphatic heterocycles. The Hall–Kier alpha value is -1.50. The maximum Gasteiger partial charge on any atom is 0.344 e. The molecule has 0 bridgehead atoms. The van der Waals surface area contributed by atoms with Gasteiger partial charge in [0.2, 0.25) is 5.16 Å². The van der Waals surface area contributed by atoms with Gasteiger partial charge in [0.1, 0.15) is 0 Å². The number of carbonyl (C=O) groups excluding carboxylic acids is 1. The molecule has 0 aliphatic rings. The lowest BCUT2D eigenvalue weighted by Crippen LogP contribution is -2.49. The molecule has 12 heteroatoms. The number of H-pyrrole nitrogens is 1. The Morgan fingerprint density at radius 1 is 1.69 bits per heavy atom. The molecule has 5 N–H and O–H groups in total. The molecule has 1 rings (SSSR count). The molecule has 0 spiro atoms. The van der Waals surface area contributed by atoms with E-state index in [1.807, 2.05) is 0 Å². The van der Waals surface area contributed by atoms with Crippen LogP contribution in [0.2, 0.25) is 0 Å². The Labute approximate surface area is 92.3 Å². The number of nitrogens with two attached hydrogens (primary N) is 1. The van der Waals surface area contributed by atoms with Crippen molar-refractivity contribution in [1.29, 1.82) is 0 Å². The van der Waals surface area contributed by atoms with E-state index in [2.05, 4.69) is 15.7 Å². The fourth-order valence-corrected chi connectivity index (χ4v) is 2.22. The van der Waals surface area contributed by atoms with Crippen LogP contribution in [0.15, 0.2) is 17.6 Å². The summed E-state index contributed by atoms with van der Waals surface area (Å²) in [6.07, 6.45) is 2.37. The molecule has 1 atom stereocenters. The molecule has 0 fully saturated rings. The first kappa shape index (κ1) is 12.6. The van der Waals surface area contributed by atoms with E-state index in [0.29, 0.717) is 0 Å². The van der Waals surface area contributed by atoms with Gasteiger partial charge in [0.25, 0.3) is 21.3 Å². The van der Waals surface area contributed by atoms with Gasteiger partial charge >= 0.3 is 6.03 Å². The second-order valence-corrected chi connectivity index (χ2v) is 4.76. The highest BCUT2D eigenvalue weighted by molar-refractivity contribution is 7.90. The number of aromatic amines is 1. The minimum absolute atomic E-state index is 0.169. The Morgan fingerprint density at radius 3 is 2.69 bits per heavy atom. The molecular weight excluding hydrogens is 262 g/mol. The lowest BCUT2D eigenvalue weighted by atomic mass is 11.0. The van der Waals surface area contributed by atoms with Crippen LogP contribution in [-0.2, 0) is 21.3 Å². The molecule has 1 heterocycles. The summed E-state index contributed by atoms with van der Waals surface area (Å²) < 4.78 is 41.8. The van der Waals surface area contributed by atoms with E-state index in [0.717, 1.165) is 6.20 Å². The van der Waals surface area contributed by atoms with Crippen LogP contribution in [0.4, 0.5) is 4.79 Å². The van der Waals surface area contributed by atoms with E-state index in [-0.39, 0.29) is 4.41 Å². The monoisotopic (exact) mass is 269 g/mol. The van der Waals surface area contributed by atoms with Gasteiger partial charge in [-0.05, 0) is 0 Å². The molecule has 0 aliphatic carbocycles. The average molecular weight is 269 g/mol. The standard InChI is InChI=1S/C4H7N5O5S2/c5-3(10)9(15(11)12)8-16(13,14)4-6-1-2-7-4/h1-2,8H,(H2,5,10)(H,6,7)(H,11,12). The van der Waals surface area contributed by atoms with Crippen molar-refractivity contribution >= 4 is 27.3 Å². The first-order valence-electron chi connectivity index (χ1n) is 3.57. The number of amides is 2. The number of primary amides is 1. The number of sulfonamides is 1. The van der Waals surface area contributed by atoms with Gasteiger partial charge in [-0.1, -0.05) is 0 Å². The lowest BCUT2D eigenvalue weighted by Gasteiger charge is -2.14. The number of imidazole rings is 1. The molecule has 90 valence electrons. The van der Waals surface area contributed by atoms with Gasteiger partial charge < -0.3 is 10.7 Å². The van der Waals surface area contributed by atoms with Crippen molar-refractivity contribution in [3.63, 3.8) is 0 Å². The second-order valence-electron chi connectivity index (χ2n) is 2.35. The Kier molecular flexibility index (Phi) is 3.58. The van der Waals surface area contributed by atoms with Gasteiger partial charge in [-0.15, -0.1) is 9.25 Å². The van der Waals surface area contributed by atoms with Crippen LogP contribution in [0.5, 0.6) is 0 Å². The summed E-state index contributed by atoms with van der Waals surface area (Å²) in [4.78, 5) is 17.7. The van der Waals surface area contributed by atoms with Crippen molar-refractivity contribution in [2.75, 3.05) is 0 Å². The number of carbonyl (C=O) groups is 1. The fourth-order valence-electron chi connectivity index (χ4n) is 0.704. The topological polar surface area (TPSA) is 158 Å². The fraction of sp³-hybridized carbons (Fsp3) is 0. The third-order valence-electron chi connectivity index (χ3n) is 1.29. The maximum atomic E-state index is 11.4. The maximum absolute atomic E-state index is 11.4. The first-order chi connectivity index (χ1) is 7.34. The number of hydrazine groups is 1. The van der Waals surface area contributed by atoms with Gasteiger partial charge in [-0.2, -0.15) is 0 Å². The number of hydrogen-bond donors (Lipinski definition) is 4. The summed E-state index contributed by atoms with van der Waals surface area (Å²) >= 11 is -2.91. The summed E-state index contributed by atoms with van der Waals surface area (Å²) in [6, 6.07) is -1.43. The molecule has 10 nitrogen and oxygen atoms in total. The van der Waals surface area contributed by atoms with Crippen molar-refractivity contribution in [1.82, 2.24) is 19.2 Å². The second kappa shape index (κ2) is 4.56. The number of nitrogens with zero attached hydrogens (tertiary/aromatic N) is 2. The third kappa shape index (κ3) is 2.75. The zero-order valence-electron chi connectivity index (χ0n) is 7.52. The van der Waals surface area contributed by atoms with Gasteiger partial charge in [0, 0.05) is 12.4 Å². The van der Waals surface area contributed by atoms with E-state index in [1.165, 1.54) is 11.0 Å². The third-order valence-corrected chi connectivity index (χ3v) is 3.14. The van der Waals surface area contributed by atoms with Gasteiger partial charge in [0.05, 0.1) is 0 Å².